The molecule has 0 aliphatic heterocycles. The quantitative estimate of drug-likeness (QED) is 0.606. The molecule has 0 aliphatic carbocycles. The van der Waals surface area contributed by atoms with Crippen molar-refractivity contribution in [1.82, 2.24) is 0 Å². The number of carbonyl (C=O) groups is 1. The van der Waals surface area contributed by atoms with E-state index < -0.39 is 23.3 Å². The number of para-hydroxylation sites is 1. The van der Waals surface area contributed by atoms with Crippen LogP contribution in [0.5, 0.6) is 5.75 Å². The van der Waals surface area contributed by atoms with Gasteiger partial charge >= 0.3 is 6.11 Å². The zero-order valence-corrected chi connectivity index (χ0v) is 8.97. The van der Waals surface area contributed by atoms with Crippen LogP contribution < -0.4 is 4.74 Å². The topological polar surface area (TPSA) is 26.3 Å². The van der Waals surface area contributed by atoms with Gasteiger partial charge in [0.15, 0.2) is 5.78 Å². The molecule has 16 heavy (non-hydrogen) atoms. The minimum absolute atomic E-state index is 0.0560. The van der Waals surface area contributed by atoms with Crippen LogP contribution in [0.4, 0.5) is 13.2 Å². The van der Waals surface area contributed by atoms with Crippen LogP contribution in [-0.2, 0) is 0 Å². The minimum Gasteiger partial charge on any atom is -0.429 e. The van der Waals surface area contributed by atoms with Gasteiger partial charge in [-0.15, -0.1) is 0 Å². The predicted octanol–water partition coefficient (Wildman–Crippen LogP) is 3.40. The third-order valence-electron chi connectivity index (χ3n) is 1.77. The summed E-state index contributed by atoms with van der Waals surface area (Å²) < 4.78 is 42.1. The Morgan fingerprint density at radius 3 is 2.50 bits per heavy atom. The number of rotatable bonds is 4. The van der Waals surface area contributed by atoms with Crippen molar-refractivity contribution in [2.24, 2.45) is 0 Å². The van der Waals surface area contributed by atoms with Crippen LogP contribution in [0.25, 0.3) is 0 Å². The molecule has 1 aromatic rings. The number of Topliss-reactive ketones (excluding diaryl/α,β-unsaturated/α-hetero) is 1. The van der Waals surface area contributed by atoms with Gasteiger partial charge in [-0.3, -0.25) is 4.79 Å². The number of hydrogen-bond donors (Lipinski definition) is 0. The molecule has 0 N–H and O–H groups in total. The van der Waals surface area contributed by atoms with Crippen molar-refractivity contribution in [1.29, 1.82) is 0 Å². The van der Waals surface area contributed by atoms with Crippen LogP contribution in [0.3, 0.4) is 0 Å². The molecule has 1 rings (SSSR count). The lowest BCUT2D eigenvalue weighted by Crippen LogP contribution is -2.33. The highest BCUT2D eigenvalue weighted by atomic mass is 35.5. The highest BCUT2D eigenvalue weighted by molar-refractivity contribution is 6.20. The highest BCUT2D eigenvalue weighted by Crippen LogP contribution is 2.30. The third-order valence-corrected chi connectivity index (χ3v) is 2.02. The molecular formula is C10H8ClF3O2. The average molecular weight is 253 g/mol. The van der Waals surface area contributed by atoms with Gasteiger partial charge in [-0.1, -0.05) is 23.7 Å². The molecule has 0 saturated carbocycles. The Bertz CT molecular complexity index is 393. The fourth-order valence-electron chi connectivity index (χ4n) is 1.04. The number of ether oxygens (including phenoxy) is 1. The van der Waals surface area contributed by atoms with Crippen LogP contribution in [-0.4, -0.2) is 17.5 Å². The van der Waals surface area contributed by atoms with E-state index in [-0.39, 0.29) is 5.56 Å². The van der Waals surface area contributed by atoms with Crippen molar-refractivity contribution in [2.75, 3.05) is 0 Å². The van der Waals surface area contributed by atoms with E-state index in [9.17, 15) is 18.0 Å². The lowest BCUT2D eigenvalue weighted by molar-refractivity contribution is -0.199. The van der Waals surface area contributed by atoms with E-state index >= 15 is 0 Å². The summed E-state index contributed by atoms with van der Waals surface area (Å²) in [5, 5.41) is 0. The third kappa shape index (κ3) is 2.88. The Kier molecular flexibility index (Phi) is 3.80. The van der Waals surface area contributed by atoms with Gasteiger partial charge in [-0.05, 0) is 19.1 Å². The van der Waals surface area contributed by atoms with E-state index in [1.54, 1.807) is 0 Å². The largest absolute Gasteiger partial charge is 0.444 e. The van der Waals surface area contributed by atoms with Crippen LogP contribution in [0, 0.1) is 0 Å². The van der Waals surface area contributed by atoms with E-state index in [2.05, 4.69) is 16.3 Å². The summed E-state index contributed by atoms with van der Waals surface area (Å²) in [6.45, 7) is 1.19. The van der Waals surface area contributed by atoms with Gasteiger partial charge in [-0.2, -0.15) is 8.78 Å². The van der Waals surface area contributed by atoms with E-state index in [1.807, 2.05) is 0 Å². The summed E-state index contributed by atoms with van der Waals surface area (Å²) in [7, 11) is 0. The molecule has 0 aliphatic rings. The number of ketones is 1. The molecule has 0 heterocycles. The maximum Gasteiger partial charge on any atom is 0.444 e. The van der Waals surface area contributed by atoms with Crippen LogP contribution in [0.1, 0.15) is 17.3 Å². The highest BCUT2D eigenvalue weighted by Gasteiger charge is 2.42. The Balaban J connectivity index is 3.02. The Hall–Kier alpha value is -1.23. The second kappa shape index (κ2) is 4.74. The molecule has 6 heteroatoms. The molecule has 0 amide bonds. The fraction of sp³-hybridized carbons (Fsp3) is 0.300. The number of alkyl halides is 4. The van der Waals surface area contributed by atoms with Crippen LogP contribution in [0.15, 0.2) is 24.3 Å². The van der Waals surface area contributed by atoms with E-state index in [1.165, 1.54) is 25.1 Å². The monoisotopic (exact) mass is 252 g/mol. The summed E-state index contributed by atoms with van der Waals surface area (Å²) >= 11 is 4.62. The van der Waals surface area contributed by atoms with Crippen molar-refractivity contribution in [2.45, 2.75) is 18.7 Å². The van der Waals surface area contributed by atoms with Gasteiger partial charge in [-0.25, -0.2) is 4.39 Å². The summed E-state index contributed by atoms with van der Waals surface area (Å²) in [6, 6.07) is 5.31. The van der Waals surface area contributed by atoms with Crippen LogP contribution in [0.2, 0.25) is 0 Å². The lowest BCUT2D eigenvalue weighted by atomic mass is 10.1. The second-order valence-corrected chi connectivity index (χ2v) is 3.40. The molecule has 0 bridgehead atoms. The van der Waals surface area contributed by atoms with Crippen LogP contribution >= 0.6 is 11.6 Å². The molecule has 88 valence electrons. The van der Waals surface area contributed by atoms with Crippen molar-refractivity contribution in [3.63, 3.8) is 0 Å². The number of halogens is 4. The molecule has 2 nitrogen and oxygen atoms in total. The molecule has 0 unspecified atom stereocenters. The molecule has 0 spiro atoms. The first-order valence-electron chi connectivity index (χ1n) is 4.29. The van der Waals surface area contributed by atoms with Crippen molar-refractivity contribution in [3.05, 3.63) is 29.8 Å². The molecule has 1 aromatic carbocycles. The first-order chi connectivity index (χ1) is 7.34. The molecule has 0 fully saturated rings. The first-order valence-corrected chi connectivity index (χ1v) is 4.73. The SMILES string of the molecule is CC(=O)c1ccccc1OC(F)(F)[C@H](F)Cl. The predicted molar refractivity (Wildman–Crippen MR) is 52.8 cm³/mol. The molecule has 1 atom stereocenters. The van der Waals surface area contributed by atoms with Gasteiger partial charge in [0.2, 0.25) is 0 Å². The number of carbonyl (C=O) groups excluding carboxylic acids is 1. The van der Waals surface area contributed by atoms with Gasteiger partial charge in [0, 0.05) is 0 Å². The normalized spacial score (nSPS) is 13.3. The summed E-state index contributed by atoms with van der Waals surface area (Å²) in [5.41, 5.74) is -3.04. The molecule has 0 radical (unpaired) electrons. The molecule has 0 saturated heterocycles. The average Bonchev–Trinajstić information content (AvgIpc) is 2.17. The number of hydrogen-bond acceptors (Lipinski definition) is 2. The summed E-state index contributed by atoms with van der Waals surface area (Å²) in [6.07, 6.45) is -4.17. The van der Waals surface area contributed by atoms with Gasteiger partial charge < -0.3 is 4.74 Å². The van der Waals surface area contributed by atoms with Crippen molar-refractivity contribution < 1.29 is 22.7 Å². The Morgan fingerprint density at radius 1 is 1.44 bits per heavy atom. The smallest absolute Gasteiger partial charge is 0.429 e. The first kappa shape index (κ1) is 12.8. The fourth-order valence-corrected chi connectivity index (χ4v) is 1.08. The Morgan fingerprint density at radius 2 is 2.00 bits per heavy atom. The van der Waals surface area contributed by atoms with E-state index in [0.29, 0.717) is 0 Å². The van der Waals surface area contributed by atoms with E-state index in [0.717, 1.165) is 6.07 Å². The van der Waals surface area contributed by atoms with Gasteiger partial charge in [0.1, 0.15) is 5.75 Å². The Labute approximate surface area is 95.0 Å². The summed E-state index contributed by atoms with van der Waals surface area (Å²) in [4.78, 5) is 11.1. The number of benzene rings is 1. The standard InChI is InChI=1S/C10H8ClF3O2/c1-6(15)7-4-2-3-5-8(7)16-10(13,14)9(11)12/h2-5,9H,1H3/t9-/m0/s1. The van der Waals surface area contributed by atoms with E-state index in [4.69, 9.17) is 0 Å². The van der Waals surface area contributed by atoms with Gasteiger partial charge in [0.05, 0.1) is 5.56 Å². The van der Waals surface area contributed by atoms with Crippen molar-refractivity contribution >= 4 is 17.4 Å². The molecular weight excluding hydrogens is 245 g/mol. The zero-order chi connectivity index (χ0) is 12.3. The van der Waals surface area contributed by atoms with Crippen molar-refractivity contribution in [3.8, 4) is 5.75 Å². The maximum atomic E-state index is 12.8. The van der Waals surface area contributed by atoms with Gasteiger partial charge in [0.25, 0.3) is 5.63 Å². The lowest BCUT2D eigenvalue weighted by Gasteiger charge is -2.18. The summed E-state index contributed by atoms with van der Waals surface area (Å²) in [5.74, 6) is -0.861. The maximum absolute atomic E-state index is 12.8. The zero-order valence-electron chi connectivity index (χ0n) is 8.22. The second-order valence-electron chi connectivity index (χ2n) is 3.02. The molecule has 0 aromatic heterocycles. The minimum atomic E-state index is -4.17.